The summed E-state index contributed by atoms with van der Waals surface area (Å²) in [4.78, 5) is 11.4. The molecule has 0 aromatic heterocycles. The Hall–Kier alpha value is 0.140. The summed E-state index contributed by atoms with van der Waals surface area (Å²) in [5, 5.41) is 0.964. The van der Waals surface area contributed by atoms with Crippen LogP contribution in [-0.2, 0) is 0 Å². The van der Waals surface area contributed by atoms with Gasteiger partial charge in [0, 0.05) is 10.0 Å². The van der Waals surface area contributed by atoms with Crippen LogP contribution in [0.1, 0.15) is 15.9 Å². The van der Waals surface area contributed by atoms with Gasteiger partial charge in [-0.1, -0.05) is 27.5 Å². The summed E-state index contributed by atoms with van der Waals surface area (Å²) in [6.45, 7) is 1.87. The normalized spacial score (nSPS) is 10.2. The van der Waals surface area contributed by atoms with Gasteiger partial charge >= 0.3 is 0 Å². The average Bonchev–Trinajstić information content (AvgIpc) is 2.13. The Labute approximate surface area is 98.7 Å². The Morgan fingerprint density at radius 3 is 2.69 bits per heavy atom. The average molecular weight is 326 g/mol. The molecule has 0 aliphatic rings. The second-order valence-corrected chi connectivity index (χ2v) is 4.35. The molecule has 0 amide bonds. The standard InChI is InChI=1S/C9H7Br2ClO/c1-5-6(8(13)4-10)2-3-7(12)9(5)11/h2-3H,4H2,1H3. The van der Waals surface area contributed by atoms with Gasteiger partial charge in [0.2, 0.25) is 0 Å². The summed E-state index contributed by atoms with van der Waals surface area (Å²) in [5.41, 5.74) is 1.59. The molecular weight excluding hydrogens is 319 g/mol. The van der Waals surface area contributed by atoms with Crippen molar-refractivity contribution in [2.45, 2.75) is 6.92 Å². The lowest BCUT2D eigenvalue weighted by Gasteiger charge is -2.06. The molecule has 0 bridgehead atoms. The number of ketones is 1. The number of hydrogen-bond acceptors (Lipinski definition) is 1. The van der Waals surface area contributed by atoms with Gasteiger partial charge in [0.15, 0.2) is 5.78 Å². The fraction of sp³-hybridized carbons (Fsp3) is 0.222. The van der Waals surface area contributed by atoms with Gasteiger partial charge in [-0.15, -0.1) is 0 Å². The van der Waals surface area contributed by atoms with E-state index in [-0.39, 0.29) is 5.78 Å². The first kappa shape index (κ1) is 11.2. The van der Waals surface area contributed by atoms with Crippen molar-refractivity contribution < 1.29 is 4.79 Å². The molecule has 0 aliphatic heterocycles. The van der Waals surface area contributed by atoms with E-state index in [4.69, 9.17) is 11.6 Å². The molecule has 0 aliphatic carbocycles. The molecule has 0 N–H and O–H groups in total. The number of Topliss-reactive ketones (excluding diaryl/α,β-unsaturated/α-hetero) is 1. The van der Waals surface area contributed by atoms with E-state index in [1.54, 1.807) is 12.1 Å². The monoisotopic (exact) mass is 324 g/mol. The predicted octanol–water partition coefficient (Wildman–Crippen LogP) is 3.99. The molecule has 0 spiro atoms. The minimum Gasteiger partial charge on any atom is -0.293 e. The van der Waals surface area contributed by atoms with Crippen LogP contribution in [0.3, 0.4) is 0 Å². The van der Waals surface area contributed by atoms with Crippen molar-refractivity contribution in [3.63, 3.8) is 0 Å². The third-order valence-electron chi connectivity index (χ3n) is 1.76. The summed E-state index contributed by atoms with van der Waals surface area (Å²) in [5.74, 6) is 0.0647. The van der Waals surface area contributed by atoms with E-state index >= 15 is 0 Å². The molecule has 1 nitrogen and oxygen atoms in total. The Balaban J connectivity index is 3.26. The van der Waals surface area contributed by atoms with Crippen molar-refractivity contribution in [2.24, 2.45) is 0 Å². The van der Waals surface area contributed by atoms with Crippen LogP contribution >= 0.6 is 43.5 Å². The van der Waals surface area contributed by atoms with Crippen molar-refractivity contribution in [2.75, 3.05) is 5.33 Å². The quantitative estimate of drug-likeness (QED) is 0.593. The molecule has 4 heteroatoms. The number of hydrogen-bond donors (Lipinski definition) is 0. The Morgan fingerprint density at radius 1 is 1.54 bits per heavy atom. The number of halogens is 3. The third-order valence-corrected chi connectivity index (χ3v) is 3.84. The van der Waals surface area contributed by atoms with Gasteiger partial charge in [-0.2, -0.15) is 0 Å². The highest BCUT2D eigenvalue weighted by atomic mass is 79.9. The van der Waals surface area contributed by atoms with E-state index in [1.807, 2.05) is 6.92 Å². The van der Waals surface area contributed by atoms with Gasteiger partial charge in [-0.25, -0.2) is 0 Å². The van der Waals surface area contributed by atoms with Crippen LogP contribution < -0.4 is 0 Å². The zero-order valence-corrected chi connectivity index (χ0v) is 10.8. The molecular formula is C9H7Br2ClO. The fourth-order valence-corrected chi connectivity index (χ4v) is 1.88. The van der Waals surface area contributed by atoms with Crippen LogP contribution in [-0.4, -0.2) is 11.1 Å². The van der Waals surface area contributed by atoms with Gasteiger partial charge in [-0.05, 0) is 40.5 Å². The minimum absolute atomic E-state index is 0.0647. The number of carbonyl (C=O) groups is 1. The summed E-state index contributed by atoms with van der Waals surface area (Å²) in [6.07, 6.45) is 0. The Bertz CT molecular complexity index is 350. The maximum absolute atomic E-state index is 11.4. The molecule has 0 saturated carbocycles. The van der Waals surface area contributed by atoms with Crippen molar-refractivity contribution in [1.82, 2.24) is 0 Å². The summed E-state index contributed by atoms with van der Waals surface area (Å²) >= 11 is 12.3. The highest BCUT2D eigenvalue weighted by molar-refractivity contribution is 9.10. The zero-order chi connectivity index (χ0) is 10.0. The minimum atomic E-state index is 0.0647. The van der Waals surface area contributed by atoms with E-state index in [0.717, 1.165) is 10.0 Å². The molecule has 0 saturated heterocycles. The Kier molecular flexibility index (Phi) is 3.95. The maximum Gasteiger partial charge on any atom is 0.173 e. The molecule has 0 unspecified atom stereocenters. The van der Waals surface area contributed by atoms with Gasteiger partial charge in [-0.3, -0.25) is 4.79 Å². The van der Waals surface area contributed by atoms with Crippen molar-refractivity contribution in [3.05, 3.63) is 32.8 Å². The van der Waals surface area contributed by atoms with Crippen LogP contribution in [0.25, 0.3) is 0 Å². The van der Waals surface area contributed by atoms with Crippen LogP contribution in [0.4, 0.5) is 0 Å². The van der Waals surface area contributed by atoms with E-state index in [9.17, 15) is 4.79 Å². The molecule has 1 aromatic carbocycles. The molecule has 0 heterocycles. The van der Waals surface area contributed by atoms with E-state index in [2.05, 4.69) is 31.9 Å². The van der Waals surface area contributed by atoms with E-state index in [1.165, 1.54) is 0 Å². The number of rotatable bonds is 2. The number of benzene rings is 1. The van der Waals surface area contributed by atoms with Gasteiger partial charge < -0.3 is 0 Å². The first-order valence-corrected chi connectivity index (χ1v) is 5.91. The molecule has 0 fully saturated rings. The van der Waals surface area contributed by atoms with Gasteiger partial charge in [0.05, 0.1) is 10.4 Å². The van der Waals surface area contributed by atoms with Gasteiger partial charge in [0.25, 0.3) is 0 Å². The second kappa shape index (κ2) is 4.58. The SMILES string of the molecule is Cc1c(C(=O)CBr)ccc(Cl)c1Br. The first-order valence-electron chi connectivity index (χ1n) is 3.61. The van der Waals surface area contributed by atoms with Gasteiger partial charge in [0.1, 0.15) is 0 Å². The zero-order valence-electron chi connectivity index (χ0n) is 6.90. The van der Waals surface area contributed by atoms with Crippen LogP contribution in [0.15, 0.2) is 16.6 Å². The van der Waals surface area contributed by atoms with Crippen LogP contribution in [0, 0.1) is 6.92 Å². The largest absolute Gasteiger partial charge is 0.293 e. The fourth-order valence-electron chi connectivity index (χ4n) is 1.03. The lowest BCUT2D eigenvalue weighted by Crippen LogP contribution is -2.03. The number of alkyl halides is 1. The summed E-state index contributed by atoms with van der Waals surface area (Å²) < 4.78 is 0.793. The Morgan fingerprint density at radius 2 is 2.15 bits per heavy atom. The molecule has 1 rings (SSSR count). The summed E-state index contributed by atoms with van der Waals surface area (Å²) in [7, 11) is 0. The maximum atomic E-state index is 11.4. The topological polar surface area (TPSA) is 17.1 Å². The lowest BCUT2D eigenvalue weighted by molar-refractivity contribution is 0.102. The number of carbonyl (C=O) groups excluding carboxylic acids is 1. The lowest BCUT2D eigenvalue weighted by atomic mass is 10.1. The van der Waals surface area contributed by atoms with Crippen molar-refractivity contribution in [1.29, 1.82) is 0 Å². The molecule has 13 heavy (non-hydrogen) atoms. The predicted molar refractivity (Wildman–Crippen MR) is 62.0 cm³/mol. The van der Waals surface area contributed by atoms with Crippen molar-refractivity contribution >= 4 is 49.2 Å². The molecule has 1 aromatic rings. The van der Waals surface area contributed by atoms with E-state index < -0.39 is 0 Å². The summed E-state index contributed by atoms with van der Waals surface area (Å²) in [6, 6.07) is 3.46. The highest BCUT2D eigenvalue weighted by Gasteiger charge is 2.11. The molecule has 70 valence electrons. The first-order chi connectivity index (χ1) is 6.07. The molecule has 0 radical (unpaired) electrons. The van der Waals surface area contributed by atoms with Crippen LogP contribution in [0.5, 0.6) is 0 Å². The second-order valence-electron chi connectivity index (χ2n) is 2.59. The smallest absolute Gasteiger partial charge is 0.173 e. The highest BCUT2D eigenvalue weighted by Crippen LogP contribution is 2.28. The van der Waals surface area contributed by atoms with E-state index in [0.29, 0.717) is 15.9 Å². The molecule has 0 atom stereocenters. The van der Waals surface area contributed by atoms with Crippen molar-refractivity contribution in [3.8, 4) is 0 Å². The third kappa shape index (κ3) is 2.33. The van der Waals surface area contributed by atoms with Crippen LogP contribution in [0.2, 0.25) is 5.02 Å².